The molecule has 0 spiro atoms. The summed E-state index contributed by atoms with van der Waals surface area (Å²) in [5.74, 6) is 0.363. The van der Waals surface area contributed by atoms with Gasteiger partial charge in [0.2, 0.25) is 0 Å². The van der Waals surface area contributed by atoms with Crippen molar-refractivity contribution in [3.63, 3.8) is 0 Å². The monoisotopic (exact) mass is 470 g/mol. The molecule has 4 aromatic rings. The predicted molar refractivity (Wildman–Crippen MR) is 110 cm³/mol. The number of fused-ring (bicyclic) bond motifs is 2. The highest BCUT2D eigenvalue weighted by Crippen LogP contribution is 2.45. The molecule has 9 heteroatoms. The summed E-state index contributed by atoms with van der Waals surface area (Å²) in [7, 11) is -4.28. The molecule has 29 heavy (non-hydrogen) atoms. The molecule has 0 aliphatic heterocycles. The lowest BCUT2D eigenvalue weighted by atomic mass is 9.87. The van der Waals surface area contributed by atoms with Crippen molar-refractivity contribution in [3.05, 3.63) is 70.2 Å². The van der Waals surface area contributed by atoms with Crippen molar-refractivity contribution in [1.29, 1.82) is 0 Å². The molecule has 5 rings (SSSR count). The van der Waals surface area contributed by atoms with Crippen LogP contribution in [-0.4, -0.2) is 23.9 Å². The highest BCUT2D eigenvalue weighted by atomic mass is 79.9. The third-order valence-electron chi connectivity index (χ3n) is 4.78. The SMILES string of the molecule is O=C1c2ccccc2-c2onc3c(Br)cc(Nc4ccc(S(=O)(=O)O)cc4)c1c23. The number of carbonyl (C=O) groups excluding carboxylic acids is 1. The van der Waals surface area contributed by atoms with E-state index in [1.807, 2.05) is 12.1 Å². The van der Waals surface area contributed by atoms with E-state index in [2.05, 4.69) is 26.4 Å². The van der Waals surface area contributed by atoms with Crippen LogP contribution in [0.25, 0.3) is 22.2 Å². The third-order valence-corrected chi connectivity index (χ3v) is 6.26. The van der Waals surface area contributed by atoms with Gasteiger partial charge in [0, 0.05) is 21.3 Å². The van der Waals surface area contributed by atoms with Crippen molar-refractivity contribution in [2.24, 2.45) is 0 Å². The van der Waals surface area contributed by atoms with E-state index in [1.165, 1.54) is 24.3 Å². The van der Waals surface area contributed by atoms with Gasteiger partial charge >= 0.3 is 0 Å². The fourth-order valence-corrected chi connectivity index (χ4v) is 4.46. The van der Waals surface area contributed by atoms with E-state index in [9.17, 15) is 13.2 Å². The molecule has 1 heterocycles. The second-order valence-electron chi connectivity index (χ2n) is 6.52. The molecule has 1 aliphatic rings. The molecule has 0 atom stereocenters. The molecule has 3 aromatic carbocycles. The standard InChI is InChI=1S/C20H11BrN2O5S/c21-14-9-15(22-10-5-7-11(8-6-10)29(25,26)27)16-17-18(14)23-28-20(17)13-4-2-1-3-12(13)19(16)24/h1-9,22H,(H,25,26,27). The zero-order valence-corrected chi connectivity index (χ0v) is 16.9. The summed E-state index contributed by atoms with van der Waals surface area (Å²) >= 11 is 3.47. The van der Waals surface area contributed by atoms with Crippen molar-refractivity contribution in [2.75, 3.05) is 5.32 Å². The molecule has 0 bridgehead atoms. The van der Waals surface area contributed by atoms with E-state index in [0.29, 0.717) is 49.2 Å². The number of carbonyl (C=O) groups is 1. The Morgan fingerprint density at radius 3 is 2.41 bits per heavy atom. The van der Waals surface area contributed by atoms with Gasteiger partial charge in [0.05, 0.1) is 21.5 Å². The number of hydrogen-bond donors (Lipinski definition) is 2. The molecule has 0 radical (unpaired) electrons. The van der Waals surface area contributed by atoms with Crippen LogP contribution in [0.4, 0.5) is 11.4 Å². The quantitative estimate of drug-likeness (QED) is 0.364. The number of aromatic nitrogens is 1. The minimum Gasteiger partial charge on any atom is -0.355 e. The lowest BCUT2D eigenvalue weighted by Gasteiger charge is -2.18. The van der Waals surface area contributed by atoms with Gasteiger partial charge in [-0.15, -0.1) is 0 Å². The molecule has 1 aromatic heterocycles. The molecule has 0 unspecified atom stereocenters. The maximum absolute atomic E-state index is 13.3. The van der Waals surface area contributed by atoms with Gasteiger partial charge in [-0.25, -0.2) is 0 Å². The van der Waals surface area contributed by atoms with Crippen molar-refractivity contribution in [2.45, 2.75) is 4.90 Å². The van der Waals surface area contributed by atoms with Crippen LogP contribution in [0.3, 0.4) is 0 Å². The minimum atomic E-state index is -4.28. The number of nitrogens with zero attached hydrogens (tertiary/aromatic N) is 1. The van der Waals surface area contributed by atoms with Gasteiger partial charge in [-0.3, -0.25) is 9.35 Å². The average Bonchev–Trinajstić information content (AvgIpc) is 3.13. The Balaban J connectivity index is 1.69. The zero-order valence-electron chi connectivity index (χ0n) is 14.5. The molecule has 144 valence electrons. The lowest BCUT2D eigenvalue weighted by molar-refractivity contribution is 0.104. The van der Waals surface area contributed by atoms with Gasteiger partial charge in [-0.1, -0.05) is 29.4 Å². The highest BCUT2D eigenvalue weighted by Gasteiger charge is 2.32. The van der Waals surface area contributed by atoms with Crippen molar-refractivity contribution in [1.82, 2.24) is 5.16 Å². The van der Waals surface area contributed by atoms with Crippen molar-refractivity contribution < 1.29 is 22.3 Å². The summed E-state index contributed by atoms with van der Waals surface area (Å²) in [5.41, 5.74) is 3.25. The Labute approximate surface area is 173 Å². The number of benzene rings is 3. The maximum atomic E-state index is 13.3. The van der Waals surface area contributed by atoms with Gasteiger partial charge in [-0.05, 0) is 46.3 Å². The fraction of sp³-hybridized carbons (Fsp3) is 0. The van der Waals surface area contributed by atoms with E-state index >= 15 is 0 Å². The van der Waals surface area contributed by atoms with E-state index in [-0.39, 0.29) is 10.7 Å². The lowest BCUT2D eigenvalue weighted by Crippen LogP contribution is -2.11. The number of ketones is 1. The van der Waals surface area contributed by atoms with Gasteiger partial charge in [0.25, 0.3) is 10.1 Å². The topological polar surface area (TPSA) is 110 Å². The fourth-order valence-electron chi connectivity index (χ4n) is 3.48. The van der Waals surface area contributed by atoms with Crippen molar-refractivity contribution in [3.8, 4) is 11.3 Å². The summed E-state index contributed by atoms with van der Waals surface area (Å²) in [6, 6.07) is 14.5. The average molecular weight is 471 g/mol. The molecular formula is C20H11BrN2O5S. The number of rotatable bonds is 3. The second-order valence-corrected chi connectivity index (χ2v) is 8.79. The molecule has 0 fully saturated rings. The molecule has 0 saturated heterocycles. The maximum Gasteiger partial charge on any atom is 0.294 e. The smallest absolute Gasteiger partial charge is 0.294 e. The van der Waals surface area contributed by atoms with Crippen molar-refractivity contribution >= 4 is 54.1 Å². The summed E-state index contributed by atoms with van der Waals surface area (Å²) in [6.07, 6.45) is 0. The first kappa shape index (κ1) is 18.0. The van der Waals surface area contributed by atoms with Gasteiger partial charge in [-0.2, -0.15) is 8.42 Å². The van der Waals surface area contributed by atoms with Gasteiger partial charge in [0.1, 0.15) is 5.52 Å². The third kappa shape index (κ3) is 2.78. The minimum absolute atomic E-state index is 0.161. The van der Waals surface area contributed by atoms with Crippen LogP contribution in [0, 0.1) is 0 Å². The van der Waals surface area contributed by atoms with E-state index in [1.54, 1.807) is 18.2 Å². The Morgan fingerprint density at radius 1 is 1.03 bits per heavy atom. The largest absolute Gasteiger partial charge is 0.355 e. The summed E-state index contributed by atoms with van der Waals surface area (Å²) in [4.78, 5) is 13.0. The normalized spacial score (nSPS) is 12.8. The van der Waals surface area contributed by atoms with E-state index < -0.39 is 10.1 Å². The van der Waals surface area contributed by atoms with E-state index in [0.717, 1.165) is 0 Å². The second kappa shape index (κ2) is 6.24. The molecule has 2 N–H and O–H groups in total. The number of anilines is 2. The van der Waals surface area contributed by atoms with Gasteiger partial charge < -0.3 is 9.84 Å². The summed E-state index contributed by atoms with van der Waals surface area (Å²) in [5, 5.41) is 7.88. The van der Waals surface area contributed by atoms with Crippen LogP contribution in [0.2, 0.25) is 0 Å². The molecular weight excluding hydrogens is 460 g/mol. The Kier molecular flexibility index (Phi) is 3.89. The van der Waals surface area contributed by atoms with Crippen LogP contribution in [0.5, 0.6) is 0 Å². The first-order chi connectivity index (χ1) is 13.8. The molecule has 0 saturated carbocycles. The van der Waals surface area contributed by atoms with Crippen LogP contribution in [0.15, 0.2) is 68.5 Å². The Morgan fingerprint density at radius 2 is 1.72 bits per heavy atom. The zero-order chi connectivity index (χ0) is 20.3. The first-order valence-electron chi connectivity index (χ1n) is 8.45. The van der Waals surface area contributed by atoms with Crippen LogP contribution in [0.1, 0.15) is 15.9 Å². The first-order valence-corrected chi connectivity index (χ1v) is 10.7. The highest BCUT2D eigenvalue weighted by molar-refractivity contribution is 9.10. The summed E-state index contributed by atoms with van der Waals surface area (Å²) in [6.45, 7) is 0. The van der Waals surface area contributed by atoms with Crippen LogP contribution in [-0.2, 0) is 10.1 Å². The number of hydrogen-bond acceptors (Lipinski definition) is 6. The summed E-state index contributed by atoms with van der Waals surface area (Å²) < 4.78 is 37.8. The molecule has 1 aliphatic carbocycles. The van der Waals surface area contributed by atoms with Gasteiger partial charge in [0.15, 0.2) is 11.5 Å². The Bertz CT molecular complexity index is 1430. The number of nitrogens with one attached hydrogen (secondary N) is 1. The van der Waals surface area contributed by atoms with Crippen LogP contribution < -0.4 is 5.32 Å². The Hall–Kier alpha value is -3.01. The predicted octanol–water partition coefficient (Wildman–Crippen LogP) is 4.79. The van der Waals surface area contributed by atoms with E-state index in [4.69, 9.17) is 9.08 Å². The van der Waals surface area contributed by atoms with Crippen LogP contribution >= 0.6 is 15.9 Å². The molecule has 0 amide bonds. The number of halogens is 1. The molecule has 7 nitrogen and oxygen atoms in total.